The van der Waals surface area contributed by atoms with E-state index in [1.165, 1.54) is 51.4 Å². The lowest BCUT2D eigenvalue weighted by Crippen LogP contribution is -2.33. The highest BCUT2D eigenvalue weighted by Gasteiger charge is 2.12. The van der Waals surface area contributed by atoms with Crippen molar-refractivity contribution in [3.63, 3.8) is 0 Å². The van der Waals surface area contributed by atoms with Crippen LogP contribution in [0.15, 0.2) is 0 Å². The third kappa shape index (κ3) is 27.7. The van der Waals surface area contributed by atoms with Crippen molar-refractivity contribution in [1.82, 2.24) is 15.5 Å². The largest absolute Gasteiger partial charge is 0.462 e. The van der Waals surface area contributed by atoms with Crippen molar-refractivity contribution in [2.24, 2.45) is 0 Å². The van der Waals surface area contributed by atoms with Gasteiger partial charge in [0.2, 0.25) is 11.8 Å². The summed E-state index contributed by atoms with van der Waals surface area (Å²) in [5, 5.41) is 6.06. The van der Waals surface area contributed by atoms with Gasteiger partial charge in [-0.25, -0.2) is 0 Å². The van der Waals surface area contributed by atoms with Crippen LogP contribution in [-0.2, 0) is 23.9 Å². The summed E-state index contributed by atoms with van der Waals surface area (Å²) >= 11 is 0. The predicted molar refractivity (Wildman–Crippen MR) is 160 cm³/mol. The minimum Gasteiger partial charge on any atom is -0.462 e. The summed E-state index contributed by atoms with van der Waals surface area (Å²) in [5.41, 5.74) is 0. The van der Waals surface area contributed by atoms with Crippen molar-refractivity contribution in [1.29, 1.82) is 0 Å². The first-order valence-electron chi connectivity index (χ1n) is 15.9. The maximum atomic E-state index is 12.2. The Morgan fingerprint density at radius 2 is 1.05 bits per heavy atom. The Bertz CT molecular complexity index is 551. The van der Waals surface area contributed by atoms with Crippen molar-refractivity contribution >= 4 is 17.8 Å². The average molecular weight is 556 g/mol. The number of hydrogen-bond acceptors (Lipinski definition) is 6. The van der Waals surface area contributed by atoms with Gasteiger partial charge in [0.1, 0.15) is 6.61 Å². The van der Waals surface area contributed by atoms with E-state index in [0.717, 1.165) is 77.5 Å². The zero-order valence-electron chi connectivity index (χ0n) is 25.7. The number of unbranched alkanes of at least 4 members (excludes halogenated alkanes) is 12. The Labute approximate surface area is 239 Å². The van der Waals surface area contributed by atoms with Crippen molar-refractivity contribution in [2.45, 2.75) is 129 Å². The maximum absolute atomic E-state index is 12.2. The van der Waals surface area contributed by atoms with Crippen molar-refractivity contribution in [3.05, 3.63) is 0 Å². The second kappa shape index (κ2) is 29.3. The van der Waals surface area contributed by atoms with E-state index in [2.05, 4.69) is 29.4 Å². The lowest BCUT2D eigenvalue weighted by atomic mass is 10.1. The molecule has 0 fully saturated rings. The van der Waals surface area contributed by atoms with E-state index in [1.807, 2.05) is 0 Å². The molecule has 0 rings (SSSR count). The first-order valence-corrected chi connectivity index (χ1v) is 15.9. The van der Waals surface area contributed by atoms with E-state index in [9.17, 15) is 14.4 Å². The summed E-state index contributed by atoms with van der Waals surface area (Å²) in [5.74, 6) is 0.0536. The number of amides is 2. The molecule has 0 aliphatic rings. The average Bonchev–Trinajstić information content (AvgIpc) is 2.92. The smallest absolute Gasteiger partial charge is 0.320 e. The molecule has 39 heavy (non-hydrogen) atoms. The molecule has 0 unspecified atom stereocenters. The first kappa shape index (κ1) is 37.3. The van der Waals surface area contributed by atoms with Crippen LogP contribution in [0.25, 0.3) is 0 Å². The number of nitrogens with zero attached hydrogens (tertiary/aromatic N) is 1. The van der Waals surface area contributed by atoms with Crippen molar-refractivity contribution in [3.8, 4) is 0 Å². The molecule has 0 aromatic rings. The summed E-state index contributed by atoms with van der Waals surface area (Å²) in [6.07, 6.45) is 18.6. The van der Waals surface area contributed by atoms with Crippen LogP contribution >= 0.6 is 0 Å². The molecule has 8 nitrogen and oxygen atoms in total. The van der Waals surface area contributed by atoms with Crippen LogP contribution in [0.4, 0.5) is 0 Å². The number of ether oxygens (including phenoxy) is 2. The molecule has 0 saturated carbocycles. The van der Waals surface area contributed by atoms with Crippen molar-refractivity contribution in [2.75, 3.05) is 53.0 Å². The van der Waals surface area contributed by atoms with Gasteiger partial charge in [-0.05, 0) is 51.6 Å². The molecule has 0 heterocycles. The van der Waals surface area contributed by atoms with Gasteiger partial charge in [-0.1, -0.05) is 78.1 Å². The van der Waals surface area contributed by atoms with Crippen molar-refractivity contribution < 1.29 is 23.9 Å². The van der Waals surface area contributed by atoms with Gasteiger partial charge >= 0.3 is 5.97 Å². The highest BCUT2D eigenvalue weighted by atomic mass is 16.6. The number of methoxy groups -OCH3 is 1. The predicted octanol–water partition coefficient (Wildman–Crippen LogP) is 5.77. The lowest BCUT2D eigenvalue weighted by Gasteiger charge is -2.21. The van der Waals surface area contributed by atoms with E-state index < -0.39 is 0 Å². The first-order chi connectivity index (χ1) is 19.0. The molecule has 0 radical (unpaired) electrons. The maximum Gasteiger partial charge on any atom is 0.320 e. The summed E-state index contributed by atoms with van der Waals surface area (Å²) in [7, 11) is 1.59. The van der Waals surface area contributed by atoms with E-state index in [1.54, 1.807) is 7.11 Å². The molecular formula is C31H61N3O5. The zero-order valence-corrected chi connectivity index (χ0v) is 25.7. The van der Waals surface area contributed by atoms with Gasteiger partial charge < -0.3 is 20.1 Å². The number of carbonyl (C=O) groups excluding carboxylic acids is 3. The van der Waals surface area contributed by atoms with Gasteiger partial charge in [0, 0.05) is 33.0 Å². The molecule has 2 N–H and O–H groups in total. The minimum atomic E-state index is -0.233. The Hall–Kier alpha value is -1.67. The van der Waals surface area contributed by atoms with Crippen LogP contribution in [-0.4, -0.2) is 75.7 Å². The lowest BCUT2D eigenvalue weighted by molar-refractivity contribution is -0.146. The Morgan fingerprint density at radius 1 is 0.590 bits per heavy atom. The van der Waals surface area contributed by atoms with Gasteiger partial charge in [0.25, 0.3) is 0 Å². The van der Waals surface area contributed by atoms with Crippen LogP contribution in [0.1, 0.15) is 129 Å². The Morgan fingerprint density at radius 3 is 1.51 bits per heavy atom. The fraction of sp³-hybridized carbons (Fsp3) is 0.903. The highest BCUT2D eigenvalue weighted by molar-refractivity contribution is 5.76. The van der Waals surface area contributed by atoms with E-state index >= 15 is 0 Å². The molecule has 0 spiro atoms. The molecular weight excluding hydrogens is 494 g/mol. The summed E-state index contributed by atoms with van der Waals surface area (Å²) < 4.78 is 10.2. The molecule has 0 bridgehead atoms. The van der Waals surface area contributed by atoms with Crippen LogP contribution in [0.3, 0.4) is 0 Å². The molecule has 0 saturated heterocycles. The quantitative estimate of drug-likeness (QED) is 0.0898. The topological polar surface area (TPSA) is 97.0 Å². The molecule has 8 heteroatoms. The summed E-state index contributed by atoms with van der Waals surface area (Å²) in [6, 6.07) is 0. The number of rotatable bonds is 29. The molecule has 230 valence electrons. The number of nitrogens with one attached hydrogen (secondary N) is 2. The second-order valence-electron chi connectivity index (χ2n) is 10.6. The van der Waals surface area contributed by atoms with E-state index in [0.29, 0.717) is 19.4 Å². The molecule has 0 aliphatic carbocycles. The Balaban J connectivity index is 4.10. The van der Waals surface area contributed by atoms with Crippen LogP contribution < -0.4 is 10.6 Å². The molecule has 0 aliphatic heterocycles. The minimum absolute atomic E-state index is 0.143. The molecule has 0 atom stereocenters. The Kier molecular flexibility index (Phi) is 28.1. The van der Waals surface area contributed by atoms with Crippen LogP contribution in [0.2, 0.25) is 0 Å². The molecule has 0 aromatic heterocycles. The van der Waals surface area contributed by atoms with Gasteiger partial charge in [0.05, 0.1) is 13.2 Å². The van der Waals surface area contributed by atoms with Gasteiger partial charge in [-0.15, -0.1) is 0 Å². The fourth-order valence-corrected chi connectivity index (χ4v) is 4.42. The van der Waals surface area contributed by atoms with Gasteiger partial charge in [-0.2, -0.15) is 0 Å². The van der Waals surface area contributed by atoms with E-state index in [-0.39, 0.29) is 30.9 Å². The second-order valence-corrected chi connectivity index (χ2v) is 10.6. The SMILES string of the molecule is CCCCCCCNC(=O)CCCCCN(CCCCCC(=O)NCCCCCCC)CC(=O)OCCOC. The summed E-state index contributed by atoms with van der Waals surface area (Å²) in [6.45, 7) is 8.50. The van der Waals surface area contributed by atoms with Gasteiger partial charge in [0.15, 0.2) is 0 Å². The molecule has 2 amide bonds. The van der Waals surface area contributed by atoms with Gasteiger partial charge in [-0.3, -0.25) is 19.3 Å². The normalized spacial score (nSPS) is 11.1. The summed E-state index contributed by atoms with van der Waals surface area (Å²) in [4.78, 5) is 38.4. The number of carbonyl (C=O) groups is 3. The zero-order chi connectivity index (χ0) is 28.8. The molecule has 0 aromatic carbocycles. The van der Waals surface area contributed by atoms with Crippen LogP contribution in [0, 0.1) is 0 Å². The third-order valence-electron chi connectivity index (χ3n) is 6.86. The third-order valence-corrected chi connectivity index (χ3v) is 6.86. The highest BCUT2D eigenvalue weighted by Crippen LogP contribution is 2.07. The number of esters is 1. The standard InChI is InChI=1S/C31H61N3O5/c1-4-6-8-10-16-22-32-29(35)20-14-12-18-24-34(28-31(37)39-27-26-38-3)25-19-13-15-21-30(36)33-23-17-11-9-7-5-2/h4-28H2,1-3H3,(H,32,35)(H,33,36). The van der Waals surface area contributed by atoms with Crippen LogP contribution in [0.5, 0.6) is 0 Å². The monoisotopic (exact) mass is 555 g/mol. The van der Waals surface area contributed by atoms with E-state index in [4.69, 9.17) is 9.47 Å². The fourth-order valence-electron chi connectivity index (χ4n) is 4.42. The number of hydrogen-bond donors (Lipinski definition) is 2.